The van der Waals surface area contributed by atoms with Gasteiger partial charge in [-0.2, -0.15) is 14.0 Å². The maximum Gasteiger partial charge on any atom is 0.387 e. The molecule has 0 aliphatic carbocycles. The van der Waals surface area contributed by atoms with Gasteiger partial charge in [0.15, 0.2) is 6.29 Å². The van der Waals surface area contributed by atoms with Gasteiger partial charge in [-0.1, -0.05) is 0 Å². The van der Waals surface area contributed by atoms with Gasteiger partial charge in [-0.3, -0.25) is 4.79 Å². The highest BCUT2D eigenvalue weighted by Gasteiger charge is 2.15. The lowest BCUT2D eigenvalue weighted by molar-refractivity contribution is -0.0502. The molecule has 1 aromatic carbocycles. The monoisotopic (exact) mass is 215 g/mol. The molecule has 15 heavy (non-hydrogen) atoms. The average Bonchev–Trinajstić information content (AvgIpc) is 2.15. The van der Waals surface area contributed by atoms with E-state index in [9.17, 15) is 18.0 Å². The third-order valence-electron chi connectivity index (χ3n) is 1.55. The van der Waals surface area contributed by atoms with Crippen molar-refractivity contribution >= 4 is 6.29 Å². The molecule has 0 atom stereocenters. The number of halogens is 3. The molecule has 0 fully saturated rings. The third-order valence-corrected chi connectivity index (χ3v) is 1.55. The molecule has 0 amide bonds. The Morgan fingerprint density at radius 2 is 2.13 bits per heavy atom. The molecular weight excluding hydrogens is 211 g/mol. The van der Waals surface area contributed by atoms with Crippen molar-refractivity contribution in [3.8, 4) is 11.8 Å². The highest BCUT2D eigenvalue weighted by molar-refractivity contribution is 5.80. The van der Waals surface area contributed by atoms with Crippen LogP contribution in [0.3, 0.4) is 0 Å². The summed E-state index contributed by atoms with van der Waals surface area (Å²) in [6.45, 7) is -3.18. The van der Waals surface area contributed by atoms with Crippen LogP contribution in [0, 0.1) is 17.1 Å². The highest BCUT2D eigenvalue weighted by atomic mass is 19.3. The predicted molar refractivity (Wildman–Crippen MR) is 43.1 cm³/mol. The van der Waals surface area contributed by atoms with Crippen LogP contribution in [0.25, 0.3) is 0 Å². The first-order chi connectivity index (χ1) is 7.08. The number of benzene rings is 1. The van der Waals surface area contributed by atoms with Crippen molar-refractivity contribution in [2.45, 2.75) is 6.61 Å². The highest BCUT2D eigenvalue weighted by Crippen LogP contribution is 2.24. The van der Waals surface area contributed by atoms with Gasteiger partial charge in [0, 0.05) is 11.6 Å². The molecule has 1 aromatic rings. The molecule has 0 aliphatic rings. The van der Waals surface area contributed by atoms with Crippen LogP contribution in [0.15, 0.2) is 12.1 Å². The number of nitrogens with zero attached hydrogens (tertiary/aromatic N) is 1. The summed E-state index contributed by atoms with van der Waals surface area (Å²) in [5.74, 6) is -1.57. The van der Waals surface area contributed by atoms with Crippen molar-refractivity contribution in [3.05, 3.63) is 29.1 Å². The van der Waals surface area contributed by atoms with Crippen LogP contribution < -0.4 is 4.74 Å². The van der Waals surface area contributed by atoms with Crippen molar-refractivity contribution in [3.63, 3.8) is 0 Å². The Balaban J connectivity index is 3.30. The second-order valence-corrected chi connectivity index (χ2v) is 2.48. The van der Waals surface area contributed by atoms with E-state index in [0.717, 1.165) is 6.07 Å². The van der Waals surface area contributed by atoms with Crippen LogP contribution in [0.4, 0.5) is 13.2 Å². The Morgan fingerprint density at radius 1 is 1.47 bits per heavy atom. The lowest BCUT2D eigenvalue weighted by atomic mass is 10.1. The number of carbonyl (C=O) groups is 1. The Morgan fingerprint density at radius 3 is 2.60 bits per heavy atom. The smallest absolute Gasteiger partial charge is 0.387 e. The Bertz CT molecular complexity index is 426. The summed E-state index contributed by atoms with van der Waals surface area (Å²) in [6, 6.07) is 2.88. The summed E-state index contributed by atoms with van der Waals surface area (Å²) in [4.78, 5) is 10.4. The summed E-state index contributed by atoms with van der Waals surface area (Å²) in [5, 5.41) is 8.58. The zero-order chi connectivity index (χ0) is 11.4. The summed E-state index contributed by atoms with van der Waals surface area (Å²) < 4.78 is 40.4. The fraction of sp³-hybridized carbons (Fsp3) is 0.111. The minimum Gasteiger partial charge on any atom is -0.433 e. The maximum atomic E-state index is 12.8. The molecule has 0 radical (unpaired) electrons. The minimum atomic E-state index is -3.18. The molecule has 3 nitrogen and oxygen atoms in total. The van der Waals surface area contributed by atoms with Crippen molar-refractivity contribution in [1.29, 1.82) is 5.26 Å². The largest absolute Gasteiger partial charge is 0.433 e. The molecule has 0 saturated heterocycles. The van der Waals surface area contributed by atoms with Gasteiger partial charge in [0.2, 0.25) is 0 Å². The fourth-order valence-corrected chi connectivity index (χ4v) is 1.00. The molecule has 0 N–H and O–H groups in total. The first-order valence-electron chi connectivity index (χ1n) is 3.72. The maximum absolute atomic E-state index is 12.8. The number of hydrogen-bond acceptors (Lipinski definition) is 3. The Hall–Kier alpha value is -2.03. The molecule has 6 heteroatoms. The van der Waals surface area contributed by atoms with Crippen molar-refractivity contribution in [1.82, 2.24) is 0 Å². The average molecular weight is 215 g/mol. The van der Waals surface area contributed by atoms with Gasteiger partial charge in [0.05, 0.1) is 0 Å². The van der Waals surface area contributed by atoms with Crippen molar-refractivity contribution in [2.75, 3.05) is 0 Å². The molecular formula is C9H4F3NO2. The molecule has 78 valence electrons. The second kappa shape index (κ2) is 4.46. The van der Waals surface area contributed by atoms with Crippen LogP contribution in [0.1, 0.15) is 15.9 Å². The molecule has 0 saturated carbocycles. The van der Waals surface area contributed by atoms with Crippen LogP contribution >= 0.6 is 0 Å². The van der Waals surface area contributed by atoms with Crippen LogP contribution in [0.2, 0.25) is 0 Å². The summed E-state index contributed by atoms with van der Waals surface area (Å²) in [6.07, 6.45) is 0.194. The van der Waals surface area contributed by atoms with Crippen molar-refractivity contribution in [2.24, 2.45) is 0 Å². The van der Waals surface area contributed by atoms with Crippen LogP contribution in [-0.4, -0.2) is 12.9 Å². The number of rotatable bonds is 3. The fourth-order valence-electron chi connectivity index (χ4n) is 1.00. The molecule has 0 unspecified atom stereocenters. The zero-order valence-corrected chi connectivity index (χ0v) is 7.21. The predicted octanol–water partition coefficient (Wildman–Crippen LogP) is 2.11. The first kappa shape index (κ1) is 11.0. The Labute approximate surface area is 82.7 Å². The number of aldehydes is 1. The lowest BCUT2D eigenvalue weighted by Crippen LogP contribution is -2.05. The zero-order valence-electron chi connectivity index (χ0n) is 7.21. The van der Waals surface area contributed by atoms with Gasteiger partial charge in [0.1, 0.15) is 23.2 Å². The Kier molecular flexibility index (Phi) is 3.29. The van der Waals surface area contributed by atoms with Crippen LogP contribution in [-0.2, 0) is 0 Å². The lowest BCUT2D eigenvalue weighted by Gasteiger charge is -2.07. The van der Waals surface area contributed by atoms with E-state index in [2.05, 4.69) is 4.74 Å². The van der Waals surface area contributed by atoms with Gasteiger partial charge < -0.3 is 4.74 Å². The van der Waals surface area contributed by atoms with Crippen LogP contribution in [0.5, 0.6) is 5.75 Å². The third kappa shape index (κ3) is 2.47. The standard InChI is InChI=1S/C9H4F3NO2/c10-6-1-5(4-14)7(3-13)8(2-6)15-9(11)12/h1-2,4,9H. The van der Waals surface area contributed by atoms with E-state index in [4.69, 9.17) is 5.26 Å². The van der Waals surface area contributed by atoms with Gasteiger partial charge in [-0.25, -0.2) is 4.39 Å². The van der Waals surface area contributed by atoms with E-state index in [1.807, 2.05) is 0 Å². The van der Waals surface area contributed by atoms with Crippen molar-refractivity contribution < 1.29 is 22.7 Å². The molecule has 0 bridgehead atoms. The van der Waals surface area contributed by atoms with Gasteiger partial charge in [-0.05, 0) is 6.07 Å². The number of ether oxygens (including phenoxy) is 1. The molecule has 0 aliphatic heterocycles. The van der Waals surface area contributed by atoms with E-state index in [1.54, 1.807) is 0 Å². The minimum absolute atomic E-state index is 0.194. The van der Waals surface area contributed by atoms with Gasteiger partial charge in [0.25, 0.3) is 0 Å². The van der Waals surface area contributed by atoms with E-state index in [0.29, 0.717) is 6.07 Å². The quantitative estimate of drug-likeness (QED) is 0.725. The summed E-state index contributed by atoms with van der Waals surface area (Å²) >= 11 is 0. The van der Waals surface area contributed by atoms with E-state index >= 15 is 0 Å². The summed E-state index contributed by atoms with van der Waals surface area (Å²) in [7, 11) is 0. The molecule has 0 heterocycles. The van der Waals surface area contributed by atoms with E-state index < -0.39 is 23.7 Å². The van der Waals surface area contributed by atoms with Gasteiger partial charge in [-0.15, -0.1) is 0 Å². The topological polar surface area (TPSA) is 50.1 Å². The number of alkyl halides is 2. The number of hydrogen-bond donors (Lipinski definition) is 0. The first-order valence-corrected chi connectivity index (χ1v) is 3.72. The SMILES string of the molecule is N#Cc1c(C=O)cc(F)cc1OC(F)F. The molecule has 0 aromatic heterocycles. The number of carbonyl (C=O) groups excluding carboxylic acids is 1. The molecule has 1 rings (SSSR count). The van der Waals surface area contributed by atoms with E-state index in [-0.39, 0.29) is 11.8 Å². The normalized spacial score (nSPS) is 9.80. The summed E-state index contributed by atoms with van der Waals surface area (Å²) in [5.41, 5.74) is -0.736. The number of nitriles is 1. The van der Waals surface area contributed by atoms with Gasteiger partial charge >= 0.3 is 6.61 Å². The molecule has 0 spiro atoms. The second-order valence-electron chi connectivity index (χ2n) is 2.48. The van der Waals surface area contributed by atoms with E-state index in [1.165, 1.54) is 6.07 Å².